The van der Waals surface area contributed by atoms with E-state index in [1.807, 2.05) is 0 Å². The second kappa shape index (κ2) is 7.37. The highest BCUT2D eigenvalue weighted by atomic mass is 31.3. The van der Waals surface area contributed by atoms with Gasteiger partial charge in [-0.3, -0.25) is 4.89 Å². The molecule has 0 fully saturated rings. The summed E-state index contributed by atoms with van der Waals surface area (Å²) in [6, 6.07) is 0.923. The van der Waals surface area contributed by atoms with Crippen LogP contribution < -0.4 is 16.0 Å². The van der Waals surface area contributed by atoms with E-state index >= 15 is 0 Å². The number of hydrogen-bond donors (Lipinski definition) is 6. The first-order valence-corrected chi connectivity index (χ1v) is 11.3. The molecule has 0 aliphatic heterocycles. The van der Waals surface area contributed by atoms with Crippen molar-refractivity contribution in [3.63, 3.8) is 0 Å². The molecule has 0 saturated heterocycles. The normalized spacial score (nSPS) is 19.4. The number of aromatic nitrogens is 2. The molecular formula is C4H9N3O14P4. The summed E-state index contributed by atoms with van der Waals surface area (Å²) >= 11 is 0. The molecule has 144 valence electrons. The number of anilines is 1. The van der Waals surface area contributed by atoms with Crippen molar-refractivity contribution < 1.29 is 60.3 Å². The summed E-state index contributed by atoms with van der Waals surface area (Å²) in [4.78, 5) is 58.2. The lowest BCUT2D eigenvalue weighted by Crippen LogP contribution is -2.28. The molecular weight excluding hydrogens is 438 g/mol. The number of hydrogen-bond acceptors (Lipinski definition) is 11. The van der Waals surface area contributed by atoms with Gasteiger partial charge in [-0.1, -0.05) is 0 Å². The maximum Gasteiger partial charge on any atom is 0.555 e. The maximum atomic E-state index is 11.5. The van der Waals surface area contributed by atoms with E-state index in [0.717, 1.165) is 6.07 Å². The summed E-state index contributed by atoms with van der Waals surface area (Å²) in [5.74, 6) is -0.300. The van der Waals surface area contributed by atoms with Gasteiger partial charge in [-0.15, -0.1) is 4.73 Å². The Morgan fingerprint density at radius 3 is 1.88 bits per heavy atom. The summed E-state index contributed by atoms with van der Waals surface area (Å²) in [6.45, 7) is 0. The van der Waals surface area contributed by atoms with Gasteiger partial charge in [-0.2, -0.15) is 17.9 Å². The third-order valence-electron chi connectivity index (χ3n) is 1.61. The molecule has 17 nitrogen and oxygen atoms in total. The Morgan fingerprint density at radius 2 is 1.40 bits per heavy atom. The Hall–Kier alpha value is -0.920. The van der Waals surface area contributed by atoms with Gasteiger partial charge in [-0.25, -0.2) is 23.1 Å². The third kappa shape index (κ3) is 8.33. The molecule has 7 N–H and O–H groups in total. The van der Waals surface area contributed by atoms with Crippen LogP contribution in [0, 0.1) is 0 Å². The van der Waals surface area contributed by atoms with Gasteiger partial charge in [0.15, 0.2) is 0 Å². The fourth-order valence-electron chi connectivity index (χ4n) is 1.02. The molecule has 1 heterocycles. The Kier molecular flexibility index (Phi) is 6.52. The molecule has 3 atom stereocenters. The van der Waals surface area contributed by atoms with Crippen molar-refractivity contribution >= 4 is 37.1 Å². The largest absolute Gasteiger partial charge is 0.555 e. The fourth-order valence-corrected chi connectivity index (χ4v) is 5.42. The fraction of sp³-hybridized carbons (Fsp3) is 0. The predicted molar refractivity (Wildman–Crippen MR) is 74.3 cm³/mol. The van der Waals surface area contributed by atoms with E-state index in [1.54, 1.807) is 0 Å². The SMILES string of the molecule is Nc1ccn(OP(=O)(O)OP(=O)(O)OP(=O)(O)OP(=O)(O)O)c(=O)n1. The van der Waals surface area contributed by atoms with E-state index in [2.05, 4.69) is 22.5 Å². The second-order valence-corrected chi connectivity index (χ2v) is 9.60. The zero-order valence-corrected chi connectivity index (χ0v) is 14.9. The topological polar surface area (TPSA) is 267 Å². The summed E-state index contributed by atoms with van der Waals surface area (Å²) < 4.78 is 58.5. The van der Waals surface area contributed by atoms with E-state index in [-0.39, 0.29) is 10.5 Å². The number of nitrogens with zero attached hydrogens (tertiary/aromatic N) is 2. The summed E-state index contributed by atoms with van der Waals surface area (Å²) in [5.41, 5.74) is 3.79. The van der Waals surface area contributed by atoms with Gasteiger partial charge in [0, 0.05) is 6.07 Å². The van der Waals surface area contributed by atoms with Crippen molar-refractivity contribution in [2.24, 2.45) is 0 Å². The molecule has 1 rings (SSSR count). The molecule has 0 spiro atoms. The smallest absolute Gasteiger partial charge is 0.383 e. The minimum atomic E-state index is -5.96. The van der Waals surface area contributed by atoms with Gasteiger partial charge in [0.2, 0.25) is 0 Å². The van der Waals surface area contributed by atoms with Gasteiger partial charge in [0.1, 0.15) is 5.82 Å². The minimum absolute atomic E-state index is 0.0399. The first kappa shape index (κ1) is 22.1. The number of phosphoric acid groups is 4. The quantitative estimate of drug-likeness (QED) is 0.253. The lowest BCUT2D eigenvalue weighted by atomic mass is 10.6. The first-order valence-electron chi connectivity index (χ1n) is 5.23. The van der Waals surface area contributed by atoms with Crippen LogP contribution in [0.4, 0.5) is 5.82 Å². The van der Waals surface area contributed by atoms with Crippen molar-refractivity contribution in [2.75, 3.05) is 5.73 Å². The highest BCUT2D eigenvalue weighted by Gasteiger charge is 2.45. The number of nitrogen functional groups attached to an aromatic ring is 1. The van der Waals surface area contributed by atoms with Gasteiger partial charge in [0.05, 0.1) is 6.20 Å². The van der Waals surface area contributed by atoms with E-state index in [4.69, 9.17) is 25.3 Å². The molecule has 21 heteroatoms. The van der Waals surface area contributed by atoms with Gasteiger partial charge >= 0.3 is 37.0 Å². The molecule has 1 aromatic heterocycles. The highest BCUT2D eigenvalue weighted by Crippen LogP contribution is 2.70. The predicted octanol–water partition coefficient (Wildman–Crippen LogP) is -1.30. The van der Waals surface area contributed by atoms with Gasteiger partial charge in [-0.05, 0) is 0 Å². The van der Waals surface area contributed by atoms with Crippen LogP contribution in [-0.2, 0) is 31.2 Å². The van der Waals surface area contributed by atoms with Crippen LogP contribution in [-0.4, -0.2) is 34.2 Å². The molecule has 0 amide bonds. The summed E-state index contributed by atoms with van der Waals surface area (Å²) in [7, 11) is -23.2. The average molecular weight is 447 g/mol. The van der Waals surface area contributed by atoms with Gasteiger partial charge < -0.3 is 29.9 Å². The summed E-state index contributed by atoms with van der Waals surface area (Å²) in [5, 5.41) is 0. The molecule has 0 bridgehead atoms. The van der Waals surface area contributed by atoms with E-state index in [0.29, 0.717) is 6.20 Å². The molecule has 0 radical (unpaired) electrons. The molecule has 25 heavy (non-hydrogen) atoms. The maximum absolute atomic E-state index is 11.5. The van der Waals surface area contributed by atoms with Crippen molar-refractivity contribution in [3.05, 3.63) is 22.7 Å². The number of nitrogens with two attached hydrogens (primary N) is 1. The van der Waals surface area contributed by atoms with Crippen LogP contribution in [0.25, 0.3) is 0 Å². The zero-order valence-electron chi connectivity index (χ0n) is 11.3. The van der Waals surface area contributed by atoms with Crippen molar-refractivity contribution in [1.82, 2.24) is 9.71 Å². The molecule has 0 aromatic carbocycles. The van der Waals surface area contributed by atoms with Crippen LogP contribution in [0.15, 0.2) is 17.1 Å². The molecule has 0 aliphatic carbocycles. The van der Waals surface area contributed by atoms with Crippen molar-refractivity contribution in [3.8, 4) is 0 Å². The highest BCUT2D eigenvalue weighted by molar-refractivity contribution is 7.69. The first-order chi connectivity index (χ1) is 11.0. The van der Waals surface area contributed by atoms with Crippen LogP contribution >= 0.6 is 31.3 Å². The van der Waals surface area contributed by atoms with E-state index in [1.165, 1.54) is 0 Å². The Balaban J connectivity index is 2.92. The standard InChI is InChI=1S/C4H9N3O14P4/c5-3-1-2-7(4(8)6-3)18-23(12,13)20-25(16,17)21-24(14,15)19-22(9,10)11/h1-2H,(H,12,13)(H,14,15)(H,16,17)(H2,5,6,8)(H2,9,10,11). The van der Waals surface area contributed by atoms with Gasteiger partial charge in [0.25, 0.3) is 0 Å². The minimum Gasteiger partial charge on any atom is -0.383 e. The Morgan fingerprint density at radius 1 is 0.920 bits per heavy atom. The molecule has 0 saturated carbocycles. The Bertz CT molecular complexity index is 886. The Labute approximate surface area is 136 Å². The monoisotopic (exact) mass is 447 g/mol. The van der Waals surface area contributed by atoms with Crippen LogP contribution in [0.2, 0.25) is 0 Å². The lowest BCUT2D eigenvalue weighted by Gasteiger charge is -2.18. The zero-order chi connectivity index (χ0) is 19.7. The van der Waals surface area contributed by atoms with Crippen LogP contribution in [0.5, 0.6) is 0 Å². The van der Waals surface area contributed by atoms with E-state index in [9.17, 15) is 27.9 Å². The van der Waals surface area contributed by atoms with Crippen molar-refractivity contribution in [2.45, 2.75) is 0 Å². The molecule has 0 aliphatic rings. The average Bonchev–Trinajstić information content (AvgIpc) is 2.25. The van der Waals surface area contributed by atoms with Crippen molar-refractivity contribution in [1.29, 1.82) is 0 Å². The van der Waals surface area contributed by atoms with Crippen LogP contribution in [0.1, 0.15) is 0 Å². The second-order valence-electron chi connectivity index (χ2n) is 3.68. The molecule has 3 unspecified atom stereocenters. The lowest BCUT2D eigenvalue weighted by molar-refractivity contribution is 0.152. The molecule has 1 aromatic rings. The number of rotatable bonds is 8. The van der Waals surface area contributed by atoms with E-state index < -0.39 is 37.0 Å². The summed E-state index contributed by atoms with van der Waals surface area (Å²) in [6.07, 6.45) is 0.674. The van der Waals surface area contributed by atoms with Crippen LogP contribution in [0.3, 0.4) is 0 Å². The third-order valence-corrected chi connectivity index (χ3v) is 6.97.